The third-order valence-electron chi connectivity index (χ3n) is 3.26. The van der Waals surface area contributed by atoms with Crippen molar-refractivity contribution in [1.82, 2.24) is 0 Å². The Morgan fingerprint density at radius 1 is 1.12 bits per heavy atom. The van der Waals surface area contributed by atoms with E-state index in [1.165, 1.54) is 0 Å². The molecule has 0 unspecified atom stereocenters. The number of rotatable bonds is 8. The van der Waals surface area contributed by atoms with Crippen LogP contribution in [0.3, 0.4) is 0 Å². The van der Waals surface area contributed by atoms with Crippen molar-refractivity contribution >= 4 is 29.2 Å². The highest BCUT2D eigenvalue weighted by atomic mass is 35.5. The summed E-state index contributed by atoms with van der Waals surface area (Å²) in [5.41, 5.74) is 0.515. The van der Waals surface area contributed by atoms with Crippen molar-refractivity contribution in [2.24, 2.45) is 0 Å². The molecule has 2 rings (SSSR count). The van der Waals surface area contributed by atoms with Crippen molar-refractivity contribution in [3.63, 3.8) is 0 Å². The second-order valence-corrected chi connectivity index (χ2v) is 5.74. The molecule has 0 fully saturated rings. The Kier molecular flexibility index (Phi) is 7.29. The monoisotopic (exact) mass is 377 g/mol. The van der Waals surface area contributed by atoms with Crippen molar-refractivity contribution in [3.05, 3.63) is 53.6 Å². The molecule has 26 heavy (non-hydrogen) atoms. The number of halogens is 1. The fourth-order valence-corrected chi connectivity index (χ4v) is 2.18. The molecule has 2 aromatic carbocycles. The summed E-state index contributed by atoms with van der Waals surface area (Å²) in [6, 6.07) is 13.6. The maximum Gasteiger partial charge on any atom is 0.347 e. The van der Waals surface area contributed by atoms with Gasteiger partial charge in [-0.05, 0) is 50.2 Å². The summed E-state index contributed by atoms with van der Waals surface area (Å²) in [4.78, 5) is 24.0. The lowest BCUT2D eigenvalue weighted by atomic mass is 10.3. The zero-order valence-electron chi connectivity index (χ0n) is 14.5. The van der Waals surface area contributed by atoms with Crippen LogP contribution in [0.4, 0.5) is 5.69 Å². The molecule has 0 spiro atoms. The molecule has 1 N–H and O–H groups in total. The Labute approximate surface area is 157 Å². The van der Waals surface area contributed by atoms with Crippen LogP contribution in [-0.4, -0.2) is 31.2 Å². The van der Waals surface area contributed by atoms with Crippen molar-refractivity contribution < 1.29 is 23.8 Å². The number of ether oxygens (including phenoxy) is 3. The molecule has 1 atom stereocenters. The summed E-state index contributed by atoms with van der Waals surface area (Å²) < 4.78 is 15.9. The molecule has 0 radical (unpaired) electrons. The summed E-state index contributed by atoms with van der Waals surface area (Å²) in [5, 5.41) is 3.22. The molecule has 1 amide bonds. The summed E-state index contributed by atoms with van der Waals surface area (Å²) in [6.07, 6.45) is -0.861. The lowest BCUT2D eigenvalue weighted by Gasteiger charge is -2.14. The van der Waals surface area contributed by atoms with Crippen LogP contribution in [0.1, 0.15) is 13.8 Å². The fourth-order valence-electron chi connectivity index (χ4n) is 2.06. The molecule has 0 heterocycles. The first kappa shape index (κ1) is 19.6. The highest BCUT2D eigenvalue weighted by molar-refractivity contribution is 6.30. The average Bonchev–Trinajstić information content (AvgIpc) is 2.63. The van der Waals surface area contributed by atoms with Crippen LogP contribution >= 0.6 is 11.6 Å². The van der Waals surface area contributed by atoms with E-state index in [1.807, 2.05) is 6.92 Å². The summed E-state index contributed by atoms with van der Waals surface area (Å²) in [6.45, 7) is 3.44. The van der Waals surface area contributed by atoms with Crippen LogP contribution in [-0.2, 0) is 14.3 Å². The molecule has 0 aromatic heterocycles. The molecule has 0 aliphatic carbocycles. The number of hydrogen-bond donors (Lipinski definition) is 1. The van der Waals surface area contributed by atoms with Gasteiger partial charge >= 0.3 is 5.97 Å². The Hall–Kier alpha value is -2.73. The number of para-hydroxylation sites is 2. The Morgan fingerprint density at radius 2 is 1.81 bits per heavy atom. The lowest BCUT2D eigenvalue weighted by molar-refractivity contribution is -0.153. The SMILES string of the molecule is CCOc1ccccc1NC(=O)COC(=O)[C@H](C)Oc1ccc(Cl)cc1. The first-order valence-corrected chi connectivity index (χ1v) is 8.48. The third kappa shape index (κ3) is 5.97. The summed E-state index contributed by atoms with van der Waals surface area (Å²) >= 11 is 5.79. The zero-order valence-corrected chi connectivity index (χ0v) is 15.3. The van der Waals surface area contributed by atoms with E-state index in [9.17, 15) is 9.59 Å². The van der Waals surface area contributed by atoms with Crippen molar-refractivity contribution in [2.45, 2.75) is 20.0 Å². The molecule has 6 nitrogen and oxygen atoms in total. The molecule has 0 bridgehead atoms. The number of esters is 1. The van der Waals surface area contributed by atoms with E-state index >= 15 is 0 Å². The molecule has 0 aliphatic rings. The van der Waals surface area contributed by atoms with Crippen LogP contribution in [0.25, 0.3) is 0 Å². The van der Waals surface area contributed by atoms with Crippen molar-refractivity contribution in [1.29, 1.82) is 0 Å². The normalized spacial score (nSPS) is 11.3. The topological polar surface area (TPSA) is 73.9 Å². The molecule has 2 aromatic rings. The van der Waals surface area contributed by atoms with Gasteiger partial charge in [-0.25, -0.2) is 4.79 Å². The largest absolute Gasteiger partial charge is 0.492 e. The minimum atomic E-state index is -0.861. The number of hydrogen-bond acceptors (Lipinski definition) is 5. The number of carbonyl (C=O) groups excluding carboxylic acids is 2. The second-order valence-electron chi connectivity index (χ2n) is 5.30. The predicted molar refractivity (Wildman–Crippen MR) is 98.7 cm³/mol. The predicted octanol–water partition coefficient (Wildman–Crippen LogP) is 3.69. The van der Waals surface area contributed by atoms with Gasteiger partial charge in [0.15, 0.2) is 12.7 Å². The maximum absolute atomic E-state index is 12.0. The van der Waals surface area contributed by atoms with Gasteiger partial charge in [-0.2, -0.15) is 0 Å². The number of nitrogens with one attached hydrogen (secondary N) is 1. The van der Waals surface area contributed by atoms with E-state index in [-0.39, 0.29) is 0 Å². The van der Waals surface area contributed by atoms with E-state index in [0.717, 1.165) is 0 Å². The van der Waals surface area contributed by atoms with Gasteiger partial charge in [0.05, 0.1) is 12.3 Å². The smallest absolute Gasteiger partial charge is 0.347 e. The quantitative estimate of drug-likeness (QED) is 0.710. The lowest BCUT2D eigenvalue weighted by Crippen LogP contribution is -2.29. The van der Waals surface area contributed by atoms with Gasteiger partial charge in [0.25, 0.3) is 5.91 Å². The minimum absolute atomic E-state index is 0.423. The molecular formula is C19H20ClNO5. The molecular weight excluding hydrogens is 358 g/mol. The number of benzene rings is 2. The molecule has 138 valence electrons. The summed E-state index contributed by atoms with van der Waals surface area (Å²) in [5.74, 6) is -0.0829. The van der Waals surface area contributed by atoms with Crippen molar-refractivity contribution in [3.8, 4) is 11.5 Å². The highest BCUT2D eigenvalue weighted by Gasteiger charge is 2.18. The van der Waals surface area contributed by atoms with E-state index in [0.29, 0.717) is 28.8 Å². The van der Waals surface area contributed by atoms with Gasteiger partial charge in [-0.1, -0.05) is 23.7 Å². The van der Waals surface area contributed by atoms with E-state index in [4.69, 9.17) is 25.8 Å². The van der Waals surface area contributed by atoms with Gasteiger partial charge in [0, 0.05) is 5.02 Å². The van der Waals surface area contributed by atoms with E-state index < -0.39 is 24.6 Å². The second kappa shape index (κ2) is 9.68. The van der Waals surface area contributed by atoms with Crippen molar-refractivity contribution in [2.75, 3.05) is 18.5 Å². The zero-order chi connectivity index (χ0) is 18.9. The van der Waals surface area contributed by atoms with Gasteiger partial charge in [-0.3, -0.25) is 4.79 Å². The highest BCUT2D eigenvalue weighted by Crippen LogP contribution is 2.23. The van der Waals surface area contributed by atoms with Crippen LogP contribution in [0.2, 0.25) is 5.02 Å². The number of amides is 1. The molecule has 0 saturated heterocycles. The van der Waals surface area contributed by atoms with Crippen LogP contribution in [0, 0.1) is 0 Å². The maximum atomic E-state index is 12.0. The molecule has 0 aliphatic heterocycles. The minimum Gasteiger partial charge on any atom is -0.492 e. The standard InChI is InChI=1S/C19H20ClNO5/c1-3-24-17-7-5-4-6-16(17)21-18(22)12-25-19(23)13(2)26-15-10-8-14(20)9-11-15/h4-11,13H,3,12H2,1-2H3,(H,21,22)/t13-/m0/s1. The molecule has 0 saturated carbocycles. The average molecular weight is 378 g/mol. The van der Waals surface area contributed by atoms with Crippen LogP contribution < -0.4 is 14.8 Å². The Balaban J connectivity index is 1.82. The fraction of sp³-hybridized carbons (Fsp3) is 0.263. The number of carbonyl (C=O) groups is 2. The Morgan fingerprint density at radius 3 is 2.50 bits per heavy atom. The molecule has 7 heteroatoms. The van der Waals surface area contributed by atoms with Gasteiger partial charge in [0.1, 0.15) is 11.5 Å². The van der Waals surface area contributed by atoms with E-state index in [2.05, 4.69) is 5.32 Å². The van der Waals surface area contributed by atoms with Crippen LogP contribution in [0.5, 0.6) is 11.5 Å². The van der Waals surface area contributed by atoms with E-state index in [1.54, 1.807) is 55.5 Å². The van der Waals surface area contributed by atoms with Gasteiger partial charge in [0.2, 0.25) is 0 Å². The summed E-state index contributed by atoms with van der Waals surface area (Å²) in [7, 11) is 0. The van der Waals surface area contributed by atoms with Gasteiger partial charge < -0.3 is 19.5 Å². The third-order valence-corrected chi connectivity index (χ3v) is 3.52. The first-order chi connectivity index (χ1) is 12.5. The number of anilines is 1. The Bertz CT molecular complexity index is 748. The van der Waals surface area contributed by atoms with Gasteiger partial charge in [-0.15, -0.1) is 0 Å². The first-order valence-electron chi connectivity index (χ1n) is 8.10. The van der Waals surface area contributed by atoms with Crippen LogP contribution in [0.15, 0.2) is 48.5 Å².